The van der Waals surface area contributed by atoms with Crippen molar-refractivity contribution in [3.8, 4) is 0 Å². The molecule has 0 aromatic heterocycles. The molecular formula is C63H117N2O7P. The number of carbonyl (C=O) groups excluding carboxylic acids is 2. The summed E-state index contributed by atoms with van der Waals surface area (Å²) in [6, 6.07) is -0.891. The molecule has 3 atom stereocenters. The number of esters is 1. The van der Waals surface area contributed by atoms with Gasteiger partial charge in [-0.05, 0) is 76.7 Å². The Morgan fingerprint density at radius 1 is 0.479 bits per heavy atom. The number of ether oxygens (including phenoxy) is 1. The summed E-state index contributed by atoms with van der Waals surface area (Å²) in [7, 11) is 1.18. The summed E-state index contributed by atoms with van der Waals surface area (Å²) in [6.45, 7) is 6.81. The van der Waals surface area contributed by atoms with Crippen molar-refractivity contribution in [3.05, 3.63) is 60.8 Å². The highest BCUT2D eigenvalue weighted by Gasteiger charge is 2.27. The van der Waals surface area contributed by atoms with Crippen molar-refractivity contribution in [1.82, 2.24) is 5.32 Å². The lowest BCUT2D eigenvalue weighted by Gasteiger charge is -2.30. The maximum absolute atomic E-state index is 13.5. The predicted molar refractivity (Wildman–Crippen MR) is 312 cm³/mol. The maximum Gasteiger partial charge on any atom is 0.306 e. The average molecular weight is 1050 g/mol. The lowest BCUT2D eigenvalue weighted by atomic mass is 10.0. The molecule has 426 valence electrons. The van der Waals surface area contributed by atoms with Crippen LogP contribution in [0.5, 0.6) is 0 Å². The molecule has 0 spiro atoms. The number of phosphoric acid groups is 1. The number of rotatable bonds is 55. The van der Waals surface area contributed by atoms with Crippen molar-refractivity contribution in [2.24, 2.45) is 0 Å². The van der Waals surface area contributed by atoms with Gasteiger partial charge in [-0.15, -0.1) is 0 Å². The number of likely N-dealkylation sites (N-methyl/N-ethyl adjacent to an activating group) is 1. The topological polar surface area (TPSA) is 114 Å². The third kappa shape index (κ3) is 54.3. The van der Waals surface area contributed by atoms with Gasteiger partial charge in [-0.1, -0.05) is 249 Å². The summed E-state index contributed by atoms with van der Waals surface area (Å²) in [5.41, 5.74) is 0. The van der Waals surface area contributed by atoms with Gasteiger partial charge in [0.15, 0.2) is 0 Å². The minimum absolute atomic E-state index is 0.0242. The number of unbranched alkanes of at least 4 members (excludes halogenated alkanes) is 31. The van der Waals surface area contributed by atoms with E-state index >= 15 is 0 Å². The van der Waals surface area contributed by atoms with Gasteiger partial charge in [-0.25, -0.2) is 0 Å². The molecule has 10 heteroatoms. The molecule has 0 bridgehead atoms. The van der Waals surface area contributed by atoms with Gasteiger partial charge in [0.1, 0.15) is 19.3 Å². The van der Waals surface area contributed by atoms with Gasteiger partial charge in [0.2, 0.25) is 5.91 Å². The Kier molecular flexibility index (Phi) is 51.5. The van der Waals surface area contributed by atoms with E-state index in [0.29, 0.717) is 17.4 Å². The van der Waals surface area contributed by atoms with E-state index in [9.17, 15) is 19.0 Å². The number of hydrogen-bond acceptors (Lipinski definition) is 7. The van der Waals surface area contributed by atoms with Crippen LogP contribution in [0.25, 0.3) is 0 Å². The van der Waals surface area contributed by atoms with Crippen LogP contribution < -0.4 is 10.2 Å². The number of phosphoric ester groups is 1. The molecule has 0 heterocycles. The normalized spacial score (nSPS) is 14.1. The zero-order chi connectivity index (χ0) is 53.6. The summed E-state index contributed by atoms with van der Waals surface area (Å²) < 4.78 is 30.3. The van der Waals surface area contributed by atoms with Crippen LogP contribution in [0.2, 0.25) is 0 Å². The number of quaternary nitrogens is 1. The quantitative estimate of drug-likeness (QED) is 0.0212. The highest BCUT2D eigenvalue weighted by atomic mass is 31.2. The first-order chi connectivity index (χ1) is 35.4. The fraction of sp³-hybridized carbons (Fsp3) is 0.810. The molecule has 0 aliphatic rings. The predicted octanol–water partition coefficient (Wildman–Crippen LogP) is 18.0. The second kappa shape index (κ2) is 53.1. The van der Waals surface area contributed by atoms with E-state index in [0.717, 1.165) is 89.9 Å². The number of nitrogens with zero attached hydrogens (tertiary/aromatic N) is 1. The monoisotopic (exact) mass is 1040 g/mol. The van der Waals surface area contributed by atoms with Crippen LogP contribution in [0.3, 0.4) is 0 Å². The smallest absolute Gasteiger partial charge is 0.306 e. The molecule has 0 aliphatic heterocycles. The van der Waals surface area contributed by atoms with Crippen LogP contribution >= 0.6 is 7.82 Å². The Morgan fingerprint density at radius 3 is 1.27 bits per heavy atom. The first-order valence-electron chi connectivity index (χ1n) is 30.6. The van der Waals surface area contributed by atoms with Crippen LogP contribution in [0, 0.1) is 0 Å². The lowest BCUT2D eigenvalue weighted by molar-refractivity contribution is -0.870. The average Bonchev–Trinajstić information content (AvgIpc) is 3.35. The van der Waals surface area contributed by atoms with Crippen molar-refractivity contribution >= 4 is 19.7 Å². The van der Waals surface area contributed by atoms with Gasteiger partial charge in [0.05, 0.1) is 33.8 Å². The van der Waals surface area contributed by atoms with Crippen LogP contribution in [-0.2, 0) is 27.9 Å². The second-order valence-corrected chi connectivity index (χ2v) is 23.3. The molecule has 0 rings (SSSR count). The van der Waals surface area contributed by atoms with Crippen LogP contribution in [0.1, 0.15) is 278 Å². The van der Waals surface area contributed by atoms with Gasteiger partial charge in [0.25, 0.3) is 7.82 Å². The molecule has 0 aliphatic carbocycles. The molecule has 73 heavy (non-hydrogen) atoms. The molecule has 0 aromatic carbocycles. The molecule has 0 saturated carbocycles. The van der Waals surface area contributed by atoms with E-state index in [1.807, 2.05) is 33.3 Å². The second-order valence-electron chi connectivity index (χ2n) is 21.9. The summed E-state index contributed by atoms with van der Waals surface area (Å²) in [6.07, 6.45) is 66.1. The standard InChI is InChI=1S/C63H117N2O7P/c1-7-10-13-16-19-22-25-27-28-29-30-31-32-33-34-35-36-38-41-44-47-50-53-56-63(67)72-61(54-51-48-45-42-40-37-26-23-20-17-14-11-8-2)60(59-71-73(68,69)70-58-57-65(4,5)6)64-62(66)55-52-49-46-43-39-24-21-18-15-12-9-3/h19,22,27-28,30-31,33-34,51,54,60-61H,7-18,20-21,23-26,29,32,35-50,52-53,55-59H2,1-6H3,(H-,64,66,68,69)/b22-19-,28-27-,31-30-,34-33-,54-51-. The molecule has 1 amide bonds. The Bertz CT molecular complexity index is 1440. The van der Waals surface area contributed by atoms with Gasteiger partial charge >= 0.3 is 5.97 Å². The van der Waals surface area contributed by atoms with Crippen molar-refractivity contribution in [2.45, 2.75) is 290 Å². The van der Waals surface area contributed by atoms with E-state index in [1.165, 1.54) is 154 Å². The maximum atomic E-state index is 13.5. The highest BCUT2D eigenvalue weighted by Crippen LogP contribution is 2.38. The SMILES string of the molecule is CCCCC/C=C\C/C=C\C/C=C\C/C=C\CCCCCCCCCC(=O)OC(/C=C\CCCCCCCCCCCCC)C(COP(=O)([O-])OCC[N+](C)(C)C)NC(=O)CCCCCCCCCCCCC. The number of allylic oxidation sites excluding steroid dienone is 9. The summed E-state index contributed by atoms with van der Waals surface area (Å²) in [5.74, 6) is -0.548. The Hall–Kier alpha value is -2.29. The summed E-state index contributed by atoms with van der Waals surface area (Å²) in [5, 5.41) is 3.02. The lowest BCUT2D eigenvalue weighted by Crippen LogP contribution is -2.47. The van der Waals surface area contributed by atoms with Crippen molar-refractivity contribution in [1.29, 1.82) is 0 Å². The fourth-order valence-corrected chi connectivity index (χ4v) is 9.41. The fourth-order valence-electron chi connectivity index (χ4n) is 8.68. The molecule has 0 saturated heterocycles. The summed E-state index contributed by atoms with van der Waals surface area (Å²) >= 11 is 0. The molecule has 1 N–H and O–H groups in total. The molecule has 0 aromatic rings. The van der Waals surface area contributed by atoms with Crippen LogP contribution in [0.15, 0.2) is 60.8 Å². The molecule has 0 radical (unpaired) electrons. The zero-order valence-corrected chi connectivity index (χ0v) is 49.5. The van der Waals surface area contributed by atoms with E-state index in [4.69, 9.17) is 13.8 Å². The molecule has 3 unspecified atom stereocenters. The van der Waals surface area contributed by atoms with Crippen LogP contribution in [-0.4, -0.2) is 69.4 Å². The van der Waals surface area contributed by atoms with Gasteiger partial charge in [-0.2, -0.15) is 0 Å². The van der Waals surface area contributed by atoms with Gasteiger partial charge in [-0.3, -0.25) is 14.2 Å². The Morgan fingerprint density at radius 2 is 0.836 bits per heavy atom. The number of hydrogen-bond donors (Lipinski definition) is 1. The molecule has 9 nitrogen and oxygen atoms in total. The molecule has 0 fully saturated rings. The van der Waals surface area contributed by atoms with E-state index in [2.05, 4.69) is 74.7 Å². The third-order valence-electron chi connectivity index (χ3n) is 13.5. The van der Waals surface area contributed by atoms with E-state index in [-0.39, 0.29) is 24.9 Å². The van der Waals surface area contributed by atoms with E-state index in [1.54, 1.807) is 0 Å². The first-order valence-corrected chi connectivity index (χ1v) is 32.1. The molecular weight excluding hydrogens is 928 g/mol. The van der Waals surface area contributed by atoms with Crippen molar-refractivity contribution in [2.75, 3.05) is 40.9 Å². The Labute approximate surface area is 451 Å². The van der Waals surface area contributed by atoms with Gasteiger partial charge < -0.3 is 28.5 Å². The van der Waals surface area contributed by atoms with Crippen molar-refractivity contribution < 1.29 is 37.3 Å². The van der Waals surface area contributed by atoms with Gasteiger partial charge in [0, 0.05) is 12.8 Å². The largest absolute Gasteiger partial charge is 0.756 e. The van der Waals surface area contributed by atoms with Crippen LogP contribution in [0.4, 0.5) is 0 Å². The van der Waals surface area contributed by atoms with E-state index < -0.39 is 26.6 Å². The first kappa shape index (κ1) is 70.7. The third-order valence-corrected chi connectivity index (χ3v) is 14.4. The minimum Gasteiger partial charge on any atom is -0.756 e. The number of carbonyl (C=O) groups is 2. The minimum atomic E-state index is -4.70. The Balaban J connectivity index is 5.22. The summed E-state index contributed by atoms with van der Waals surface area (Å²) in [4.78, 5) is 39.9. The zero-order valence-electron chi connectivity index (χ0n) is 48.6. The highest BCUT2D eigenvalue weighted by molar-refractivity contribution is 7.45. The number of amides is 1. The number of nitrogens with one attached hydrogen (secondary N) is 1. The van der Waals surface area contributed by atoms with Crippen molar-refractivity contribution in [3.63, 3.8) is 0 Å².